The average molecular weight is 575 g/mol. The van der Waals surface area contributed by atoms with Crippen LogP contribution in [0.25, 0.3) is 6.08 Å². The van der Waals surface area contributed by atoms with Crippen molar-refractivity contribution in [2.45, 2.75) is 13.8 Å². The van der Waals surface area contributed by atoms with E-state index >= 15 is 0 Å². The Labute approximate surface area is 199 Å². The standard InChI is InChI=1S/C20H15Br2ClN2O4S/c1-9-3-12(4-10(2)17(9)22)24-20-25-19(28)15(30-20)7-11-5-13(21)18(14(23)6-11)29-8-16(26)27/h3-7H,8H2,1-2H3,(H,26,27)(H,24,25,28)/b15-7-. The molecular formula is C20H15Br2ClN2O4S. The van der Waals surface area contributed by atoms with Crippen LogP contribution in [0.3, 0.4) is 0 Å². The Morgan fingerprint density at radius 2 is 1.93 bits per heavy atom. The second-order valence-corrected chi connectivity index (χ2v) is 9.46. The number of ether oxygens (including phenoxy) is 1. The van der Waals surface area contributed by atoms with Crippen LogP contribution in [0.4, 0.5) is 5.69 Å². The van der Waals surface area contributed by atoms with Gasteiger partial charge in [0.1, 0.15) is 0 Å². The number of aryl methyl sites for hydroxylation is 2. The third-order valence-electron chi connectivity index (χ3n) is 3.96. The highest BCUT2D eigenvalue weighted by atomic mass is 79.9. The molecule has 0 saturated carbocycles. The van der Waals surface area contributed by atoms with E-state index in [1.54, 1.807) is 18.2 Å². The first-order chi connectivity index (χ1) is 14.1. The van der Waals surface area contributed by atoms with Crippen molar-refractivity contribution in [3.63, 3.8) is 0 Å². The lowest BCUT2D eigenvalue weighted by molar-refractivity contribution is -0.139. The summed E-state index contributed by atoms with van der Waals surface area (Å²) in [5.74, 6) is -1.14. The lowest BCUT2D eigenvalue weighted by Gasteiger charge is -2.09. The molecule has 1 aliphatic heterocycles. The first-order valence-corrected chi connectivity index (χ1v) is 11.3. The van der Waals surface area contributed by atoms with Crippen LogP contribution in [-0.2, 0) is 9.59 Å². The number of nitrogens with zero attached hydrogens (tertiary/aromatic N) is 1. The molecule has 2 aromatic rings. The van der Waals surface area contributed by atoms with Gasteiger partial charge >= 0.3 is 5.97 Å². The van der Waals surface area contributed by atoms with E-state index in [0.717, 1.165) is 21.3 Å². The molecule has 6 nitrogen and oxygen atoms in total. The van der Waals surface area contributed by atoms with E-state index in [1.165, 1.54) is 11.8 Å². The maximum atomic E-state index is 12.4. The molecule has 2 aromatic carbocycles. The van der Waals surface area contributed by atoms with E-state index < -0.39 is 12.6 Å². The fraction of sp³-hybridized carbons (Fsp3) is 0.150. The van der Waals surface area contributed by atoms with Gasteiger partial charge in [-0.2, -0.15) is 0 Å². The molecule has 0 spiro atoms. The SMILES string of the molecule is Cc1cc(N=C2NC(=O)/C(=C/c3cc(Cl)c(OCC(=O)O)c(Br)c3)S2)cc(C)c1Br. The highest BCUT2D eigenvalue weighted by molar-refractivity contribution is 9.10. The first-order valence-electron chi connectivity index (χ1n) is 8.54. The number of amidine groups is 1. The van der Waals surface area contributed by atoms with Gasteiger partial charge in [-0.1, -0.05) is 27.5 Å². The van der Waals surface area contributed by atoms with Crippen molar-refractivity contribution < 1.29 is 19.4 Å². The topological polar surface area (TPSA) is 88.0 Å². The number of carbonyl (C=O) groups is 2. The Balaban J connectivity index is 1.83. The van der Waals surface area contributed by atoms with Crippen molar-refractivity contribution in [3.05, 3.63) is 59.8 Å². The fourth-order valence-corrected chi connectivity index (χ4v) is 4.73. The molecule has 1 amide bonds. The van der Waals surface area contributed by atoms with Gasteiger partial charge < -0.3 is 15.2 Å². The van der Waals surface area contributed by atoms with Gasteiger partial charge in [0.05, 0.1) is 20.1 Å². The second kappa shape index (κ2) is 9.55. The van der Waals surface area contributed by atoms with Gasteiger partial charge in [-0.05, 0) is 88.6 Å². The molecule has 156 valence electrons. The molecule has 0 radical (unpaired) electrons. The molecule has 0 atom stereocenters. The minimum atomic E-state index is -1.11. The highest BCUT2D eigenvalue weighted by Crippen LogP contribution is 2.36. The van der Waals surface area contributed by atoms with E-state index in [0.29, 0.717) is 20.1 Å². The minimum absolute atomic E-state index is 0.230. The molecule has 0 aromatic heterocycles. The first kappa shape index (κ1) is 22.9. The number of aliphatic imine (C=N–C) groups is 1. The van der Waals surface area contributed by atoms with Crippen molar-refractivity contribution in [3.8, 4) is 5.75 Å². The number of carbonyl (C=O) groups excluding carboxylic acids is 1. The van der Waals surface area contributed by atoms with E-state index in [2.05, 4.69) is 42.2 Å². The molecular weight excluding hydrogens is 560 g/mol. The lowest BCUT2D eigenvalue weighted by Crippen LogP contribution is -2.19. The van der Waals surface area contributed by atoms with Crippen LogP contribution in [0.2, 0.25) is 5.02 Å². The highest BCUT2D eigenvalue weighted by Gasteiger charge is 2.24. The molecule has 1 saturated heterocycles. The van der Waals surface area contributed by atoms with Crippen molar-refractivity contribution in [2.24, 2.45) is 4.99 Å². The number of aliphatic carboxylic acids is 1. The molecule has 0 aliphatic carbocycles. The van der Waals surface area contributed by atoms with Crippen LogP contribution >= 0.6 is 55.2 Å². The summed E-state index contributed by atoms with van der Waals surface area (Å²) in [6, 6.07) is 7.16. The van der Waals surface area contributed by atoms with Gasteiger partial charge in [0.15, 0.2) is 17.5 Å². The number of hydrogen-bond donors (Lipinski definition) is 2. The average Bonchev–Trinajstić information content (AvgIpc) is 2.97. The summed E-state index contributed by atoms with van der Waals surface area (Å²) in [5, 5.41) is 12.2. The van der Waals surface area contributed by atoms with Gasteiger partial charge in [0, 0.05) is 4.47 Å². The maximum Gasteiger partial charge on any atom is 0.341 e. The minimum Gasteiger partial charge on any atom is -0.479 e. The van der Waals surface area contributed by atoms with Crippen molar-refractivity contribution >= 4 is 84.0 Å². The summed E-state index contributed by atoms with van der Waals surface area (Å²) in [4.78, 5) is 28.0. The summed E-state index contributed by atoms with van der Waals surface area (Å²) >= 11 is 14.3. The zero-order chi connectivity index (χ0) is 22.0. The van der Waals surface area contributed by atoms with Gasteiger partial charge in [-0.3, -0.25) is 4.79 Å². The monoisotopic (exact) mass is 572 g/mol. The van der Waals surface area contributed by atoms with Crippen LogP contribution < -0.4 is 10.1 Å². The third kappa shape index (κ3) is 5.46. The van der Waals surface area contributed by atoms with E-state index in [1.807, 2.05) is 26.0 Å². The van der Waals surface area contributed by atoms with Crippen LogP contribution in [0.5, 0.6) is 5.75 Å². The van der Waals surface area contributed by atoms with Crippen LogP contribution in [0, 0.1) is 13.8 Å². The van der Waals surface area contributed by atoms with Gasteiger partial charge in [-0.25, -0.2) is 9.79 Å². The number of thioether (sulfide) groups is 1. The summed E-state index contributed by atoms with van der Waals surface area (Å²) in [7, 11) is 0. The molecule has 0 unspecified atom stereocenters. The number of nitrogens with one attached hydrogen (secondary N) is 1. The Hall–Kier alpha value is -1.81. The van der Waals surface area contributed by atoms with Crippen molar-refractivity contribution in [2.75, 3.05) is 6.61 Å². The van der Waals surface area contributed by atoms with Crippen LogP contribution in [-0.4, -0.2) is 28.8 Å². The molecule has 1 aliphatic rings. The molecule has 30 heavy (non-hydrogen) atoms. The van der Waals surface area contributed by atoms with E-state index in [9.17, 15) is 9.59 Å². The molecule has 1 heterocycles. The number of carboxylic acid groups (broad SMARTS) is 1. The summed E-state index contributed by atoms with van der Waals surface area (Å²) in [6.45, 7) is 3.46. The van der Waals surface area contributed by atoms with E-state index in [4.69, 9.17) is 21.4 Å². The Bertz CT molecular complexity index is 1070. The normalized spacial score (nSPS) is 16.2. The van der Waals surface area contributed by atoms with Crippen molar-refractivity contribution in [1.82, 2.24) is 5.32 Å². The zero-order valence-electron chi connectivity index (χ0n) is 15.8. The third-order valence-corrected chi connectivity index (χ3v) is 6.99. The number of rotatable bonds is 5. The summed E-state index contributed by atoms with van der Waals surface area (Å²) in [5.41, 5.74) is 3.53. The molecule has 1 fully saturated rings. The van der Waals surface area contributed by atoms with Crippen molar-refractivity contribution in [1.29, 1.82) is 0 Å². The predicted octanol–water partition coefficient (Wildman–Crippen LogP) is 5.84. The largest absolute Gasteiger partial charge is 0.479 e. The summed E-state index contributed by atoms with van der Waals surface area (Å²) < 4.78 is 6.70. The second-order valence-electron chi connectivity index (χ2n) is 6.37. The van der Waals surface area contributed by atoms with Gasteiger partial charge in [0.2, 0.25) is 0 Å². The smallest absolute Gasteiger partial charge is 0.341 e. The zero-order valence-corrected chi connectivity index (χ0v) is 20.5. The van der Waals surface area contributed by atoms with Crippen LogP contribution in [0.15, 0.2) is 43.1 Å². The molecule has 2 N–H and O–H groups in total. The molecule has 10 heteroatoms. The quantitative estimate of drug-likeness (QED) is 0.439. The number of hydrogen-bond acceptors (Lipinski definition) is 5. The molecule has 0 bridgehead atoms. The number of benzene rings is 2. The lowest BCUT2D eigenvalue weighted by atomic mass is 10.1. The summed E-state index contributed by atoms with van der Waals surface area (Å²) in [6.07, 6.45) is 1.68. The fourth-order valence-electron chi connectivity index (χ4n) is 2.67. The maximum absolute atomic E-state index is 12.4. The Kier molecular flexibility index (Phi) is 7.28. The number of amides is 1. The number of halogens is 3. The van der Waals surface area contributed by atoms with Gasteiger partial charge in [-0.15, -0.1) is 0 Å². The molecule has 3 rings (SSSR count). The Morgan fingerprint density at radius 3 is 2.53 bits per heavy atom. The van der Waals surface area contributed by atoms with Crippen LogP contribution in [0.1, 0.15) is 16.7 Å². The number of carboxylic acids is 1. The Morgan fingerprint density at radius 1 is 1.27 bits per heavy atom. The van der Waals surface area contributed by atoms with Gasteiger partial charge in [0.25, 0.3) is 5.91 Å². The predicted molar refractivity (Wildman–Crippen MR) is 127 cm³/mol. The van der Waals surface area contributed by atoms with E-state index in [-0.39, 0.29) is 16.7 Å².